The summed E-state index contributed by atoms with van der Waals surface area (Å²) in [6, 6.07) is 11.8. The molecular weight excluding hydrogens is 338 g/mol. The number of ether oxygens (including phenoxy) is 3. The van der Waals surface area contributed by atoms with Gasteiger partial charge in [-0.2, -0.15) is 0 Å². The zero-order valence-electron chi connectivity index (χ0n) is 14.7. The number of methoxy groups -OCH3 is 1. The van der Waals surface area contributed by atoms with Gasteiger partial charge in [0, 0.05) is 12.7 Å². The van der Waals surface area contributed by atoms with Crippen LogP contribution in [0, 0.1) is 6.92 Å². The Labute approximate surface area is 151 Å². The van der Waals surface area contributed by atoms with Crippen molar-refractivity contribution in [1.29, 1.82) is 0 Å². The van der Waals surface area contributed by atoms with Crippen molar-refractivity contribution in [3.63, 3.8) is 0 Å². The lowest BCUT2D eigenvalue weighted by atomic mass is 10.1. The summed E-state index contributed by atoms with van der Waals surface area (Å²) in [7, 11) is 1.59. The molecule has 2 N–H and O–H groups in total. The molecule has 0 unspecified atom stereocenters. The Balaban J connectivity index is 2.11. The Kier molecular flexibility index (Phi) is 6.99. The molecule has 2 aromatic carbocycles. The number of amides is 1. The molecule has 2 aromatic rings. The molecule has 2 rings (SSSR count). The summed E-state index contributed by atoms with van der Waals surface area (Å²) in [6.07, 6.45) is 0. The van der Waals surface area contributed by atoms with Crippen molar-refractivity contribution in [2.24, 2.45) is 0 Å². The number of nitrogens with one attached hydrogen (secondary N) is 1. The highest BCUT2D eigenvalue weighted by molar-refractivity contribution is 6.05. The lowest BCUT2D eigenvalue weighted by molar-refractivity contribution is -0.139. The Morgan fingerprint density at radius 3 is 2.62 bits per heavy atom. The molecule has 0 bridgehead atoms. The van der Waals surface area contributed by atoms with Crippen LogP contribution in [-0.2, 0) is 9.53 Å². The van der Waals surface area contributed by atoms with Gasteiger partial charge in [0.1, 0.15) is 18.1 Å². The maximum atomic E-state index is 12.5. The second-order valence-electron chi connectivity index (χ2n) is 5.51. The summed E-state index contributed by atoms with van der Waals surface area (Å²) in [5.74, 6) is -0.585. The van der Waals surface area contributed by atoms with E-state index < -0.39 is 12.6 Å². The quantitative estimate of drug-likeness (QED) is 0.669. The van der Waals surface area contributed by atoms with Crippen LogP contribution in [0.15, 0.2) is 42.5 Å². The van der Waals surface area contributed by atoms with Gasteiger partial charge >= 0.3 is 5.97 Å². The third-order valence-electron chi connectivity index (χ3n) is 3.39. The standard InChI is InChI=1S/C19H21NO6/c1-13-6-7-16(17(10-13)25-9-8-24-2)20-19(23)14-4-3-5-15(11-14)26-12-18(21)22/h3-7,10-11H,8-9,12H2,1-2H3,(H,20,23)(H,21,22). The number of carbonyl (C=O) groups excluding carboxylic acids is 1. The molecule has 7 heteroatoms. The smallest absolute Gasteiger partial charge is 0.341 e. The molecule has 0 fully saturated rings. The van der Waals surface area contributed by atoms with E-state index in [4.69, 9.17) is 19.3 Å². The van der Waals surface area contributed by atoms with E-state index in [0.29, 0.717) is 36.0 Å². The number of carboxylic acids is 1. The fraction of sp³-hybridized carbons (Fsp3) is 0.263. The van der Waals surface area contributed by atoms with Gasteiger partial charge in [0.15, 0.2) is 6.61 Å². The molecule has 0 saturated heterocycles. The molecule has 138 valence electrons. The highest BCUT2D eigenvalue weighted by Gasteiger charge is 2.12. The van der Waals surface area contributed by atoms with Crippen LogP contribution in [0.1, 0.15) is 15.9 Å². The molecule has 0 aliphatic heterocycles. The van der Waals surface area contributed by atoms with Gasteiger partial charge in [0.25, 0.3) is 5.91 Å². The normalized spacial score (nSPS) is 10.2. The maximum Gasteiger partial charge on any atom is 0.341 e. The predicted octanol–water partition coefficient (Wildman–Crippen LogP) is 2.74. The van der Waals surface area contributed by atoms with Crippen LogP contribution in [0.4, 0.5) is 5.69 Å². The van der Waals surface area contributed by atoms with Crippen molar-refractivity contribution in [3.8, 4) is 11.5 Å². The summed E-state index contributed by atoms with van der Waals surface area (Å²) >= 11 is 0. The first kappa shape index (κ1) is 19.3. The number of benzene rings is 2. The van der Waals surface area contributed by atoms with Crippen molar-refractivity contribution in [2.45, 2.75) is 6.92 Å². The zero-order chi connectivity index (χ0) is 18.9. The van der Waals surface area contributed by atoms with Crippen LogP contribution in [0.25, 0.3) is 0 Å². The van der Waals surface area contributed by atoms with Crippen LogP contribution >= 0.6 is 0 Å². The summed E-state index contributed by atoms with van der Waals surface area (Å²) in [4.78, 5) is 23.1. The van der Waals surface area contributed by atoms with Gasteiger partial charge in [-0.25, -0.2) is 4.79 Å². The number of hydrogen-bond acceptors (Lipinski definition) is 5. The third kappa shape index (κ3) is 5.78. The lowest BCUT2D eigenvalue weighted by Gasteiger charge is -2.13. The van der Waals surface area contributed by atoms with Gasteiger partial charge in [-0.1, -0.05) is 12.1 Å². The van der Waals surface area contributed by atoms with Crippen LogP contribution in [0.2, 0.25) is 0 Å². The predicted molar refractivity (Wildman–Crippen MR) is 96.1 cm³/mol. The average molecular weight is 359 g/mol. The largest absolute Gasteiger partial charge is 0.489 e. The molecule has 1 amide bonds. The topological polar surface area (TPSA) is 94.1 Å². The van der Waals surface area contributed by atoms with Crippen molar-refractivity contribution < 1.29 is 28.9 Å². The number of rotatable bonds is 9. The van der Waals surface area contributed by atoms with Crippen LogP contribution in [0.5, 0.6) is 11.5 Å². The van der Waals surface area contributed by atoms with E-state index in [1.54, 1.807) is 31.4 Å². The molecule has 0 saturated carbocycles. The van der Waals surface area contributed by atoms with E-state index in [1.165, 1.54) is 6.07 Å². The van der Waals surface area contributed by atoms with Crippen molar-refractivity contribution in [2.75, 3.05) is 32.2 Å². The summed E-state index contributed by atoms with van der Waals surface area (Å²) < 4.78 is 15.7. The highest BCUT2D eigenvalue weighted by Crippen LogP contribution is 2.26. The molecule has 0 aliphatic rings. The fourth-order valence-corrected chi connectivity index (χ4v) is 2.15. The fourth-order valence-electron chi connectivity index (χ4n) is 2.15. The number of carboxylic acid groups (broad SMARTS) is 1. The SMILES string of the molecule is COCCOc1cc(C)ccc1NC(=O)c1cccc(OCC(=O)O)c1. The van der Waals surface area contributed by atoms with Crippen molar-refractivity contribution in [1.82, 2.24) is 0 Å². The van der Waals surface area contributed by atoms with Gasteiger partial charge in [0.2, 0.25) is 0 Å². The summed E-state index contributed by atoms with van der Waals surface area (Å²) in [6.45, 7) is 2.25. The van der Waals surface area contributed by atoms with Gasteiger partial charge in [-0.05, 0) is 42.8 Å². The first-order valence-corrected chi connectivity index (χ1v) is 7.98. The molecule has 0 atom stereocenters. The van der Waals surface area contributed by atoms with Crippen molar-refractivity contribution in [3.05, 3.63) is 53.6 Å². The minimum atomic E-state index is -1.09. The van der Waals surface area contributed by atoms with E-state index in [2.05, 4.69) is 5.32 Å². The molecule has 0 radical (unpaired) electrons. The minimum absolute atomic E-state index is 0.306. The number of aliphatic carboxylic acids is 1. The maximum absolute atomic E-state index is 12.5. The molecular formula is C19H21NO6. The van der Waals surface area contributed by atoms with E-state index >= 15 is 0 Å². The molecule has 0 aromatic heterocycles. The number of hydrogen-bond donors (Lipinski definition) is 2. The molecule has 7 nitrogen and oxygen atoms in total. The Hall–Kier alpha value is -3.06. The number of aryl methyl sites for hydroxylation is 1. The molecule has 26 heavy (non-hydrogen) atoms. The lowest BCUT2D eigenvalue weighted by Crippen LogP contribution is -2.14. The first-order valence-electron chi connectivity index (χ1n) is 7.98. The Bertz CT molecular complexity index is 774. The van der Waals surface area contributed by atoms with Gasteiger partial charge in [0.05, 0.1) is 12.3 Å². The van der Waals surface area contributed by atoms with Crippen LogP contribution in [0.3, 0.4) is 0 Å². The number of anilines is 1. The third-order valence-corrected chi connectivity index (χ3v) is 3.39. The number of carbonyl (C=O) groups is 2. The molecule has 0 spiro atoms. The van der Waals surface area contributed by atoms with Crippen molar-refractivity contribution >= 4 is 17.6 Å². The second-order valence-corrected chi connectivity index (χ2v) is 5.51. The zero-order valence-corrected chi connectivity index (χ0v) is 14.7. The van der Waals surface area contributed by atoms with Gasteiger partial charge < -0.3 is 24.6 Å². The van der Waals surface area contributed by atoms with E-state index in [9.17, 15) is 9.59 Å². The van der Waals surface area contributed by atoms with E-state index in [1.807, 2.05) is 19.1 Å². The average Bonchev–Trinajstić information content (AvgIpc) is 2.62. The molecule has 0 heterocycles. The summed E-state index contributed by atoms with van der Waals surface area (Å²) in [5, 5.41) is 11.5. The summed E-state index contributed by atoms with van der Waals surface area (Å²) in [5.41, 5.74) is 1.88. The van der Waals surface area contributed by atoms with Crippen LogP contribution < -0.4 is 14.8 Å². The van der Waals surface area contributed by atoms with E-state index in [-0.39, 0.29) is 5.91 Å². The Morgan fingerprint density at radius 1 is 1.08 bits per heavy atom. The Morgan fingerprint density at radius 2 is 1.88 bits per heavy atom. The van der Waals surface area contributed by atoms with Gasteiger partial charge in [-0.15, -0.1) is 0 Å². The molecule has 0 aliphatic carbocycles. The van der Waals surface area contributed by atoms with Crippen LogP contribution in [-0.4, -0.2) is 43.9 Å². The van der Waals surface area contributed by atoms with E-state index in [0.717, 1.165) is 5.56 Å². The van der Waals surface area contributed by atoms with Gasteiger partial charge in [-0.3, -0.25) is 4.79 Å². The first-order chi connectivity index (χ1) is 12.5. The monoisotopic (exact) mass is 359 g/mol. The highest BCUT2D eigenvalue weighted by atomic mass is 16.5. The second kappa shape index (κ2) is 9.43. The minimum Gasteiger partial charge on any atom is -0.489 e.